The van der Waals surface area contributed by atoms with Crippen molar-refractivity contribution in [2.45, 2.75) is 25.7 Å². The number of sulfonamides is 1. The molecule has 0 atom stereocenters. The zero-order valence-corrected chi connectivity index (χ0v) is 14.0. The van der Waals surface area contributed by atoms with Gasteiger partial charge in [0, 0.05) is 0 Å². The smallest absolute Gasteiger partial charge is 0.200 e. The number of nitriles is 1. The Morgan fingerprint density at radius 2 is 1.78 bits per heavy atom. The number of benzene rings is 2. The van der Waals surface area contributed by atoms with Crippen molar-refractivity contribution in [3.63, 3.8) is 0 Å². The van der Waals surface area contributed by atoms with Crippen molar-refractivity contribution in [1.29, 1.82) is 5.26 Å². The average Bonchev–Trinajstić information content (AvgIpc) is 2.55. The molecule has 0 unspecified atom stereocenters. The van der Waals surface area contributed by atoms with Crippen LogP contribution in [0.15, 0.2) is 52.5 Å². The van der Waals surface area contributed by atoms with Crippen LogP contribution in [0.1, 0.15) is 29.2 Å². The van der Waals surface area contributed by atoms with E-state index in [9.17, 15) is 8.42 Å². The average molecular weight is 327 g/mol. The molecule has 0 aliphatic rings. The fourth-order valence-electron chi connectivity index (χ4n) is 2.03. The first-order valence-electron chi connectivity index (χ1n) is 6.97. The highest BCUT2D eigenvalue weighted by Gasteiger charge is 2.16. The first-order valence-corrected chi connectivity index (χ1v) is 8.45. The Kier molecular flexibility index (Phi) is 4.82. The van der Waals surface area contributed by atoms with E-state index in [1.807, 2.05) is 19.1 Å². The highest BCUT2D eigenvalue weighted by molar-refractivity contribution is 7.89. The van der Waals surface area contributed by atoms with Crippen LogP contribution in [0.4, 0.5) is 0 Å². The van der Waals surface area contributed by atoms with Crippen molar-refractivity contribution < 1.29 is 8.42 Å². The first kappa shape index (κ1) is 16.7. The number of rotatable bonds is 4. The molecule has 2 aromatic carbocycles. The van der Waals surface area contributed by atoms with E-state index < -0.39 is 10.0 Å². The third-order valence-corrected chi connectivity index (χ3v) is 4.75. The molecule has 0 aromatic heterocycles. The van der Waals surface area contributed by atoms with Gasteiger partial charge in [-0.2, -0.15) is 23.6 Å². The Labute approximate surface area is 136 Å². The molecule has 0 saturated carbocycles. The van der Waals surface area contributed by atoms with Gasteiger partial charge in [-0.05, 0) is 55.7 Å². The maximum absolute atomic E-state index is 12.4. The Hall–Kier alpha value is -2.65. The maximum atomic E-state index is 12.4. The summed E-state index contributed by atoms with van der Waals surface area (Å²) in [5, 5.41) is 12.7. The van der Waals surface area contributed by atoms with E-state index in [0.29, 0.717) is 16.8 Å². The van der Waals surface area contributed by atoms with Crippen LogP contribution in [-0.4, -0.2) is 14.1 Å². The first-order chi connectivity index (χ1) is 10.8. The third-order valence-electron chi connectivity index (χ3n) is 3.40. The van der Waals surface area contributed by atoms with E-state index in [2.05, 4.69) is 9.93 Å². The zero-order valence-electron chi connectivity index (χ0n) is 13.2. The summed E-state index contributed by atoms with van der Waals surface area (Å²) in [6, 6.07) is 14.0. The second kappa shape index (κ2) is 6.63. The van der Waals surface area contributed by atoms with Crippen LogP contribution in [0.2, 0.25) is 0 Å². The largest absolute Gasteiger partial charge is 0.276 e. The number of hydrazone groups is 1. The van der Waals surface area contributed by atoms with Crippen LogP contribution >= 0.6 is 0 Å². The molecular weight excluding hydrogens is 310 g/mol. The van der Waals surface area contributed by atoms with Crippen molar-refractivity contribution in [3.05, 3.63) is 64.7 Å². The van der Waals surface area contributed by atoms with E-state index in [1.165, 1.54) is 0 Å². The molecule has 0 fully saturated rings. The second-order valence-corrected chi connectivity index (χ2v) is 6.88. The Morgan fingerprint density at radius 1 is 1.13 bits per heavy atom. The summed E-state index contributed by atoms with van der Waals surface area (Å²) in [4.78, 5) is 2.48. The molecule has 2 rings (SSSR count). The summed E-state index contributed by atoms with van der Waals surface area (Å²) in [6.45, 7) is 5.28. The third kappa shape index (κ3) is 3.96. The number of nitrogens with one attached hydrogen (secondary N) is 1. The van der Waals surface area contributed by atoms with Crippen molar-refractivity contribution in [3.8, 4) is 6.07 Å². The molecule has 0 spiro atoms. The number of hydrogen-bond donors (Lipinski definition) is 1. The summed E-state index contributed by atoms with van der Waals surface area (Å²) < 4.78 is 24.8. The highest BCUT2D eigenvalue weighted by atomic mass is 32.2. The van der Waals surface area contributed by atoms with Crippen molar-refractivity contribution >= 4 is 15.7 Å². The SMILES string of the molecule is C/C(=N/NS(=O)(=O)c1cc(C)ccc1C)c1ccc(C#N)cc1. The van der Waals surface area contributed by atoms with Crippen LogP contribution in [0, 0.1) is 25.2 Å². The van der Waals surface area contributed by atoms with Gasteiger partial charge in [0.15, 0.2) is 0 Å². The van der Waals surface area contributed by atoms with E-state index in [4.69, 9.17) is 5.26 Å². The van der Waals surface area contributed by atoms with E-state index >= 15 is 0 Å². The van der Waals surface area contributed by atoms with Gasteiger partial charge in [-0.1, -0.05) is 24.3 Å². The number of nitrogens with zero attached hydrogens (tertiary/aromatic N) is 2. The molecule has 2 aromatic rings. The lowest BCUT2D eigenvalue weighted by atomic mass is 10.1. The minimum atomic E-state index is -3.72. The van der Waals surface area contributed by atoms with Gasteiger partial charge in [-0.3, -0.25) is 0 Å². The Balaban J connectivity index is 2.26. The van der Waals surface area contributed by atoms with Crippen molar-refractivity contribution in [2.75, 3.05) is 0 Å². The predicted molar refractivity (Wildman–Crippen MR) is 89.6 cm³/mol. The Morgan fingerprint density at radius 3 is 2.39 bits per heavy atom. The van der Waals surface area contributed by atoms with Gasteiger partial charge in [0.25, 0.3) is 10.0 Å². The summed E-state index contributed by atoms with van der Waals surface area (Å²) in [6.07, 6.45) is 0. The molecule has 118 valence electrons. The molecule has 6 heteroatoms. The molecule has 0 saturated heterocycles. The molecule has 23 heavy (non-hydrogen) atoms. The zero-order chi connectivity index (χ0) is 17.0. The maximum Gasteiger partial charge on any atom is 0.276 e. The fraction of sp³-hybridized carbons (Fsp3) is 0.176. The van der Waals surface area contributed by atoms with Gasteiger partial charge in [-0.25, -0.2) is 0 Å². The van der Waals surface area contributed by atoms with Gasteiger partial charge in [0.1, 0.15) is 0 Å². The van der Waals surface area contributed by atoms with Gasteiger partial charge < -0.3 is 0 Å². The number of hydrogen-bond acceptors (Lipinski definition) is 4. The minimum Gasteiger partial charge on any atom is -0.200 e. The molecule has 5 nitrogen and oxygen atoms in total. The molecule has 0 aliphatic heterocycles. The fourth-order valence-corrected chi connectivity index (χ4v) is 3.21. The Bertz CT molecular complexity index is 892. The molecule has 0 heterocycles. The molecule has 1 N–H and O–H groups in total. The van der Waals surface area contributed by atoms with Crippen LogP contribution in [-0.2, 0) is 10.0 Å². The molecular formula is C17H17N3O2S. The summed E-state index contributed by atoms with van der Waals surface area (Å²) >= 11 is 0. The van der Waals surface area contributed by atoms with E-state index in [0.717, 1.165) is 11.1 Å². The monoisotopic (exact) mass is 327 g/mol. The lowest BCUT2D eigenvalue weighted by Gasteiger charge is -2.09. The quantitative estimate of drug-likeness (QED) is 0.692. The topological polar surface area (TPSA) is 82.3 Å². The molecule has 0 bridgehead atoms. The van der Waals surface area contributed by atoms with Crippen LogP contribution in [0.3, 0.4) is 0 Å². The molecule has 0 radical (unpaired) electrons. The van der Waals surface area contributed by atoms with Gasteiger partial charge in [0.05, 0.1) is 22.2 Å². The van der Waals surface area contributed by atoms with Crippen molar-refractivity contribution in [2.24, 2.45) is 5.10 Å². The van der Waals surface area contributed by atoms with Crippen molar-refractivity contribution in [1.82, 2.24) is 4.83 Å². The van der Waals surface area contributed by atoms with Crippen LogP contribution < -0.4 is 4.83 Å². The van der Waals surface area contributed by atoms with Gasteiger partial charge in [-0.15, -0.1) is 0 Å². The van der Waals surface area contributed by atoms with Crippen LogP contribution in [0.25, 0.3) is 0 Å². The lowest BCUT2D eigenvalue weighted by molar-refractivity contribution is 0.583. The van der Waals surface area contributed by atoms with E-state index in [1.54, 1.807) is 50.2 Å². The minimum absolute atomic E-state index is 0.217. The summed E-state index contributed by atoms with van der Waals surface area (Å²) in [5.41, 5.74) is 3.33. The van der Waals surface area contributed by atoms with Gasteiger partial charge in [0.2, 0.25) is 0 Å². The predicted octanol–water partition coefficient (Wildman–Crippen LogP) is 2.88. The summed E-state index contributed by atoms with van der Waals surface area (Å²) in [5.74, 6) is 0. The van der Waals surface area contributed by atoms with Crippen LogP contribution in [0.5, 0.6) is 0 Å². The van der Waals surface area contributed by atoms with Gasteiger partial charge >= 0.3 is 0 Å². The summed E-state index contributed by atoms with van der Waals surface area (Å²) in [7, 11) is -3.72. The molecule has 0 aliphatic carbocycles. The standard InChI is InChI=1S/C17H17N3O2S/c1-12-4-5-13(2)17(10-12)23(21,22)20-19-14(3)16-8-6-15(11-18)7-9-16/h4-10,20H,1-3H3/b19-14-. The normalized spacial score (nSPS) is 11.8. The lowest BCUT2D eigenvalue weighted by Crippen LogP contribution is -2.21. The highest BCUT2D eigenvalue weighted by Crippen LogP contribution is 2.16. The number of aryl methyl sites for hydroxylation is 2. The molecule has 0 amide bonds. The van der Waals surface area contributed by atoms with E-state index in [-0.39, 0.29) is 4.90 Å². The second-order valence-electron chi connectivity index (χ2n) is 5.25.